The van der Waals surface area contributed by atoms with Crippen molar-refractivity contribution in [1.29, 1.82) is 0 Å². The molecule has 1 fully saturated rings. The number of carbonyl (C=O) groups excluding carboxylic acids is 1. The van der Waals surface area contributed by atoms with Gasteiger partial charge in [0.2, 0.25) is 17.6 Å². The van der Waals surface area contributed by atoms with Crippen LogP contribution in [0.1, 0.15) is 18.6 Å². The van der Waals surface area contributed by atoms with Crippen LogP contribution in [0, 0.1) is 6.92 Å². The van der Waals surface area contributed by atoms with Gasteiger partial charge in [-0.05, 0) is 13.0 Å². The van der Waals surface area contributed by atoms with E-state index in [1.54, 1.807) is 13.1 Å². The molecule has 0 unspecified atom stereocenters. The summed E-state index contributed by atoms with van der Waals surface area (Å²) in [5.41, 5.74) is 2.80. The standard InChI is InChI=1S/C20H22N6O2/c1-14-21-8-7-18(22-14)16-3-5-17(6-4-16)20-23-19(28-24-20)13-25-9-11-26(12-10-25)15(2)27/h3-8H,9-13H2,1-2H3. The van der Waals surface area contributed by atoms with Crippen LogP contribution in [0.5, 0.6) is 0 Å². The first-order valence-corrected chi connectivity index (χ1v) is 9.29. The first kappa shape index (κ1) is 18.2. The molecule has 1 aliphatic heterocycles. The van der Waals surface area contributed by atoms with Gasteiger partial charge in [-0.15, -0.1) is 0 Å². The summed E-state index contributed by atoms with van der Waals surface area (Å²) in [5.74, 6) is 2.03. The smallest absolute Gasteiger partial charge is 0.241 e. The molecule has 0 radical (unpaired) electrons. The number of aromatic nitrogens is 4. The second-order valence-corrected chi connectivity index (χ2v) is 6.86. The van der Waals surface area contributed by atoms with E-state index >= 15 is 0 Å². The molecule has 4 rings (SSSR count). The van der Waals surface area contributed by atoms with Crippen molar-refractivity contribution in [1.82, 2.24) is 29.9 Å². The molecule has 3 heterocycles. The molecule has 1 aliphatic rings. The van der Waals surface area contributed by atoms with Crippen molar-refractivity contribution >= 4 is 5.91 Å². The molecule has 0 bridgehead atoms. The van der Waals surface area contributed by atoms with E-state index in [2.05, 4.69) is 25.0 Å². The van der Waals surface area contributed by atoms with Crippen LogP contribution < -0.4 is 0 Å². The second kappa shape index (κ2) is 7.85. The highest BCUT2D eigenvalue weighted by molar-refractivity contribution is 5.73. The molecule has 28 heavy (non-hydrogen) atoms. The van der Waals surface area contributed by atoms with Crippen LogP contribution in [0.2, 0.25) is 0 Å². The summed E-state index contributed by atoms with van der Waals surface area (Å²) >= 11 is 0. The Morgan fingerprint density at radius 3 is 2.43 bits per heavy atom. The van der Waals surface area contributed by atoms with Crippen molar-refractivity contribution in [2.24, 2.45) is 0 Å². The summed E-state index contributed by atoms with van der Waals surface area (Å²) in [6.07, 6.45) is 1.76. The second-order valence-electron chi connectivity index (χ2n) is 6.86. The van der Waals surface area contributed by atoms with Gasteiger partial charge in [0.1, 0.15) is 5.82 Å². The molecule has 3 aromatic rings. The van der Waals surface area contributed by atoms with Crippen molar-refractivity contribution in [2.75, 3.05) is 26.2 Å². The number of nitrogens with zero attached hydrogens (tertiary/aromatic N) is 6. The summed E-state index contributed by atoms with van der Waals surface area (Å²) in [6.45, 7) is 7.17. The van der Waals surface area contributed by atoms with Gasteiger partial charge in [-0.3, -0.25) is 9.69 Å². The predicted octanol–water partition coefficient (Wildman–Crippen LogP) is 2.17. The lowest BCUT2D eigenvalue weighted by atomic mass is 10.1. The third kappa shape index (κ3) is 4.07. The maximum absolute atomic E-state index is 11.4. The van der Waals surface area contributed by atoms with Crippen molar-refractivity contribution in [3.05, 3.63) is 48.2 Å². The first-order valence-electron chi connectivity index (χ1n) is 9.29. The Hall–Kier alpha value is -3.13. The molecule has 0 atom stereocenters. The van der Waals surface area contributed by atoms with Crippen LogP contribution in [0.3, 0.4) is 0 Å². The van der Waals surface area contributed by atoms with Crippen molar-refractivity contribution in [3.63, 3.8) is 0 Å². The maximum Gasteiger partial charge on any atom is 0.241 e. The van der Waals surface area contributed by atoms with E-state index in [1.807, 2.05) is 42.2 Å². The summed E-state index contributed by atoms with van der Waals surface area (Å²) in [4.78, 5) is 28.6. The van der Waals surface area contributed by atoms with Gasteiger partial charge >= 0.3 is 0 Å². The number of piperazine rings is 1. The Kier molecular flexibility index (Phi) is 5.12. The van der Waals surface area contributed by atoms with Gasteiger partial charge in [-0.2, -0.15) is 4.98 Å². The summed E-state index contributed by atoms with van der Waals surface area (Å²) in [6, 6.07) is 9.81. The largest absolute Gasteiger partial charge is 0.340 e. The Balaban J connectivity index is 1.41. The lowest BCUT2D eigenvalue weighted by Crippen LogP contribution is -2.47. The van der Waals surface area contributed by atoms with Gasteiger partial charge in [0.25, 0.3) is 0 Å². The Morgan fingerprint density at radius 1 is 1.04 bits per heavy atom. The molecule has 144 valence electrons. The number of benzene rings is 1. The number of hydrogen-bond donors (Lipinski definition) is 0. The minimum absolute atomic E-state index is 0.125. The molecule has 0 aliphatic carbocycles. The van der Waals surface area contributed by atoms with Crippen LogP contribution in [-0.2, 0) is 11.3 Å². The molecule has 1 amide bonds. The van der Waals surface area contributed by atoms with Gasteiger partial charge in [0, 0.05) is 50.4 Å². The van der Waals surface area contributed by atoms with Crippen LogP contribution in [-0.4, -0.2) is 62.0 Å². The van der Waals surface area contributed by atoms with E-state index in [1.165, 1.54) is 0 Å². The van der Waals surface area contributed by atoms with E-state index < -0.39 is 0 Å². The Bertz CT molecular complexity index is 961. The quantitative estimate of drug-likeness (QED) is 0.687. The SMILES string of the molecule is CC(=O)N1CCN(Cc2nc(-c3ccc(-c4ccnc(C)n4)cc3)no2)CC1. The molecule has 2 aromatic heterocycles. The van der Waals surface area contributed by atoms with E-state index in [-0.39, 0.29) is 5.91 Å². The molecule has 0 spiro atoms. The molecular formula is C20H22N6O2. The molecule has 0 saturated carbocycles. The zero-order chi connectivity index (χ0) is 19.5. The Morgan fingerprint density at radius 2 is 1.75 bits per heavy atom. The molecule has 1 aromatic carbocycles. The fourth-order valence-corrected chi connectivity index (χ4v) is 3.26. The predicted molar refractivity (Wildman–Crippen MR) is 103 cm³/mol. The highest BCUT2D eigenvalue weighted by Gasteiger charge is 2.20. The number of carbonyl (C=O) groups is 1. The summed E-state index contributed by atoms with van der Waals surface area (Å²) < 4.78 is 5.42. The van der Waals surface area contributed by atoms with Crippen molar-refractivity contribution in [2.45, 2.75) is 20.4 Å². The highest BCUT2D eigenvalue weighted by Crippen LogP contribution is 2.22. The maximum atomic E-state index is 11.4. The average Bonchev–Trinajstić information content (AvgIpc) is 3.17. The van der Waals surface area contributed by atoms with Gasteiger partial charge in [-0.25, -0.2) is 9.97 Å². The third-order valence-corrected chi connectivity index (χ3v) is 4.86. The number of hydrogen-bond acceptors (Lipinski definition) is 7. The van der Waals surface area contributed by atoms with E-state index in [0.29, 0.717) is 18.3 Å². The average molecular weight is 378 g/mol. The monoisotopic (exact) mass is 378 g/mol. The van der Waals surface area contributed by atoms with E-state index in [9.17, 15) is 4.79 Å². The normalized spacial score (nSPS) is 15.0. The highest BCUT2D eigenvalue weighted by atomic mass is 16.5. The minimum atomic E-state index is 0.125. The molecular weight excluding hydrogens is 356 g/mol. The van der Waals surface area contributed by atoms with Gasteiger partial charge < -0.3 is 9.42 Å². The van der Waals surface area contributed by atoms with Crippen LogP contribution >= 0.6 is 0 Å². The van der Waals surface area contributed by atoms with Gasteiger partial charge in [0.05, 0.1) is 12.2 Å². The zero-order valence-corrected chi connectivity index (χ0v) is 16.0. The molecule has 1 saturated heterocycles. The van der Waals surface area contributed by atoms with Crippen molar-refractivity contribution < 1.29 is 9.32 Å². The lowest BCUT2D eigenvalue weighted by molar-refractivity contribution is -0.130. The fourth-order valence-electron chi connectivity index (χ4n) is 3.26. The van der Waals surface area contributed by atoms with E-state index in [4.69, 9.17) is 4.52 Å². The van der Waals surface area contributed by atoms with Gasteiger partial charge in [0.15, 0.2) is 0 Å². The summed E-state index contributed by atoms with van der Waals surface area (Å²) in [5, 5.41) is 4.11. The van der Waals surface area contributed by atoms with E-state index in [0.717, 1.165) is 48.8 Å². The topological polar surface area (TPSA) is 88.3 Å². The van der Waals surface area contributed by atoms with Crippen LogP contribution in [0.15, 0.2) is 41.1 Å². The number of amides is 1. The fraction of sp³-hybridized carbons (Fsp3) is 0.350. The van der Waals surface area contributed by atoms with Crippen molar-refractivity contribution in [3.8, 4) is 22.6 Å². The Labute approximate surface area is 163 Å². The number of aryl methyl sites for hydroxylation is 1. The van der Waals surface area contributed by atoms with Gasteiger partial charge in [-0.1, -0.05) is 29.4 Å². The molecule has 8 heteroatoms. The third-order valence-electron chi connectivity index (χ3n) is 4.86. The number of rotatable bonds is 4. The van der Waals surface area contributed by atoms with Crippen LogP contribution in [0.25, 0.3) is 22.6 Å². The lowest BCUT2D eigenvalue weighted by Gasteiger charge is -2.33. The molecule has 0 N–H and O–H groups in total. The minimum Gasteiger partial charge on any atom is -0.340 e. The molecule has 8 nitrogen and oxygen atoms in total. The zero-order valence-electron chi connectivity index (χ0n) is 16.0. The first-order chi connectivity index (χ1) is 13.6. The summed E-state index contributed by atoms with van der Waals surface area (Å²) in [7, 11) is 0. The van der Waals surface area contributed by atoms with Crippen LogP contribution in [0.4, 0.5) is 0 Å².